The number of Topliss-reactive ketones (excluding diaryl/α,β-unsaturated/α-hetero) is 1. The van der Waals surface area contributed by atoms with Crippen molar-refractivity contribution in [3.63, 3.8) is 0 Å². The van der Waals surface area contributed by atoms with Crippen LogP contribution in [0.1, 0.15) is 114 Å². The lowest BCUT2D eigenvalue weighted by Crippen LogP contribution is -2.33. The quantitative estimate of drug-likeness (QED) is 0.0704. The van der Waals surface area contributed by atoms with E-state index in [-0.39, 0.29) is 42.3 Å². The fraction of sp³-hybridized carbons (Fsp3) is 0.511. The zero-order valence-electron chi connectivity index (χ0n) is 37.3. The van der Waals surface area contributed by atoms with Gasteiger partial charge >= 0.3 is 12.1 Å². The molecule has 0 atom stereocenters. The third-order valence-electron chi connectivity index (χ3n) is 12.4. The predicted molar refractivity (Wildman–Crippen MR) is 243 cm³/mol. The fourth-order valence-electron chi connectivity index (χ4n) is 8.61. The fourth-order valence-corrected chi connectivity index (χ4v) is 8.61. The maximum Gasteiger partial charge on any atom is 0.490 e. The zero-order chi connectivity index (χ0) is 48.3. The predicted octanol–water partition coefficient (Wildman–Crippen LogP) is 4.73. The van der Waals surface area contributed by atoms with E-state index in [9.17, 15) is 37.1 Å². The van der Waals surface area contributed by atoms with Gasteiger partial charge in [-0.2, -0.15) is 32.4 Å². The molecule has 68 heavy (non-hydrogen) atoms. The molecule has 10 rings (SSSR count). The summed E-state index contributed by atoms with van der Waals surface area (Å²) in [5.74, 6) is 0.0186. The molecule has 4 saturated carbocycles. The van der Waals surface area contributed by atoms with Crippen molar-refractivity contribution in [3.05, 3.63) is 46.8 Å². The first kappa shape index (κ1) is 47.6. The Morgan fingerprint density at radius 2 is 1.07 bits per heavy atom. The highest BCUT2D eigenvalue weighted by Gasteiger charge is 2.38. The molecule has 0 unspecified atom stereocenters. The monoisotopic (exact) mass is 945 g/mol. The van der Waals surface area contributed by atoms with Gasteiger partial charge in [0.2, 0.25) is 11.8 Å². The average Bonchev–Trinajstić information content (AvgIpc) is 4.13. The Balaban J connectivity index is 0.000000162. The second-order valence-corrected chi connectivity index (χ2v) is 18.3. The summed E-state index contributed by atoms with van der Waals surface area (Å²) < 4.78 is 35.3. The maximum absolute atomic E-state index is 12.0. The van der Waals surface area contributed by atoms with Gasteiger partial charge in [0, 0.05) is 71.0 Å². The topological polar surface area (TPSA) is 281 Å². The van der Waals surface area contributed by atoms with Gasteiger partial charge in [-0.05, 0) is 102 Å². The second kappa shape index (κ2) is 20.1. The number of hydrogen-bond acceptors (Lipinski definition) is 15. The summed E-state index contributed by atoms with van der Waals surface area (Å²) in [5, 5.41) is 34.9. The first-order valence-electron chi connectivity index (χ1n) is 22.9. The molecule has 9 N–H and O–H groups in total. The van der Waals surface area contributed by atoms with E-state index < -0.39 is 12.1 Å². The first-order chi connectivity index (χ1) is 32.4. The van der Waals surface area contributed by atoms with E-state index in [1.165, 1.54) is 0 Å². The summed E-state index contributed by atoms with van der Waals surface area (Å²) in [6.07, 6.45) is 15.3. The summed E-state index contributed by atoms with van der Waals surface area (Å²) >= 11 is 0. The van der Waals surface area contributed by atoms with Crippen LogP contribution < -0.4 is 37.6 Å². The molecule has 0 aromatic carbocycles. The number of carbonyl (C=O) groups is 6. The number of carboxylic acids is 1. The lowest BCUT2D eigenvalue weighted by Gasteiger charge is -2.29. The summed E-state index contributed by atoms with van der Waals surface area (Å²) in [4.78, 5) is 76.9. The number of hydrogen-bond donors (Lipinski definition) is 8. The van der Waals surface area contributed by atoms with Crippen LogP contribution in [0.25, 0.3) is 23.4 Å². The molecular formula is C45H54F3N13O7. The molecule has 2 aliphatic heterocycles. The number of halogens is 3. The number of fused-ring (bicyclic) bond motifs is 2. The molecule has 4 aromatic heterocycles. The van der Waals surface area contributed by atoms with E-state index in [0.717, 1.165) is 106 Å². The second-order valence-electron chi connectivity index (χ2n) is 18.3. The number of anilines is 4. The number of alkyl halides is 3. The first-order valence-corrected chi connectivity index (χ1v) is 22.9. The van der Waals surface area contributed by atoms with Crippen LogP contribution in [0.2, 0.25) is 0 Å². The minimum atomic E-state index is -5.08. The Kier molecular flexibility index (Phi) is 14.1. The van der Waals surface area contributed by atoms with Crippen molar-refractivity contribution in [1.82, 2.24) is 39.8 Å². The number of carbonyl (C=O) groups excluding carboxylic acids is 5. The highest BCUT2D eigenvalue weighted by molar-refractivity contribution is 6.16. The Hall–Kier alpha value is -6.91. The number of amides is 4. The number of ketones is 1. The van der Waals surface area contributed by atoms with Gasteiger partial charge in [-0.3, -0.25) is 29.8 Å². The lowest BCUT2D eigenvalue weighted by atomic mass is 9.83. The minimum absolute atomic E-state index is 0.0742. The Labute approximate surface area is 387 Å². The van der Waals surface area contributed by atoms with E-state index >= 15 is 0 Å². The van der Waals surface area contributed by atoms with Gasteiger partial charge in [0.1, 0.15) is 29.1 Å². The summed E-state index contributed by atoms with van der Waals surface area (Å²) in [7, 11) is 0. The standard InChI is InChI=1S/C23H28N6O3.C20H25N7O2.C2HF3O2/c1-13(30)8-14-2-4-17(5-3-14)25-19-11-20(26-18-6-7-18)29-22(27-19)16(12-24-29)9-15-10-21(31)28-23(15)32;21-13-1-3-14(4-2-13)23-16-9-17(24-15-5-6-15)27-19(25-16)12(10-22-27)7-11-8-18(28)26-20(11)29;3-2(4,5)1(6)7/h9,11-12,14,17-18,26H,2-8,10H2,1H3,(H,25,27)(H,28,31,32);7,9-10,13-15,24H,1-6,8,21H2,(H,23,25)(H,26,28,29);(H,6,7)/b15-9+;11-7+;. The van der Waals surface area contributed by atoms with Crippen LogP contribution in [-0.4, -0.2) is 106 Å². The highest BCUT2D eigenvalue weighted by Crippen LogP contribution is 2.33. The average molecular weight is 946 g/mol. The van der Waals surface area contributed by atoms with Gasteiger partial charge in [-0.1, -0.05) is 0 Å². The molecule has 6 heterocycles. The van der Waals surface area contributed by atoms with Crippen LogP contribution in [0, 0.1) is 5.92 Å². The van der Waals surface area contributed by atoms with Gasteiger partial charge < -0.3 is 36.9 Å². The highest BCUT2D eigenvalue weighted by atomic mass is 19.4. The van der Waals surface area contributed by atoms with E-state index in [1.807, 2.05) is 12.1 Å². The van der Waals surface area contributed by atoms with E-state index in [1.54, 1.807) is 40.5 Å². The third kappa shape index (κ3) is 12.3. The number of nitrogens with one attached hydrogen (secondary N) is 6. The molecule has 0 radical (unpaired) electrons. The van der Waals surface area contributed by atoms with Crippen LogP contribution >= 0.6 is 0 Å². The molecule has 23 heteroatoms. The van der Waals surface area contributed by atoms with Crippen LogP contribution in [0.5, 0.6) is 0 Å². The minimum Gasteiger partial charge on any atom is -0.475 e. The third-order valence-corrected chi connectivity index (χ3v) is 12.4. The van der Waals surface area contributed by atoms with E-state index in [2.05, 4.69) is 42.1 Å². The van der Waals surface area contributed by atoms with Crippen LogP contribution in [0.4, 0.5) is 36.4 Å². The molecular weight excluding hydrogens is 892 g/mol. The smallest absolute Gasteiger partial charge is 0.475 e. The number of carboxylic acid groups (broad SMARTS) is 1. The number of imide groups is 2. The van der Waals surface area contributed by atoms with Crippen molar-refractivity contribution in [2.75, 3.05) is 21.3 Å². The van der Waals surface area contributed by atoms with Crippen LogP contribution in [-0.2, 0) is 28.8 Å². The molecule has 2 saturated heterocycles. The van der Waals surface area contributed by atoms with Crippen molar-refractivity contribution < 1.29 is 47.0 Å². The summed E-state index contributed by atoms with van der Waals surface area (Å²) in [6, 6.07) is 5.85. The van der Waals surface area contributed by atoms with Crippen molar-refractivity contribution >= 4 is 82.1 Å². The molecule has 20 nitrogen and oxygen atoms in total. The van der Waals surface area contributed by atoms with Gasteiger partial charge in [0.05, 0.1) is 25.2 Å². The Morgan fingerprint density at radius 1 is 0.691 bits per heavy atom. The molecule has 6 aliphatic rings. The SMILES string of the molecule is CC(=O)CC1CCC(Nc2cc(NC3CC3)n3ncc(/C=C4\CC(=O)NC4=O)c3n2)CC1.NC1CCC(Nc2cc(NC3CC3)n3ncc(/C=C4\CC(=O)NC4=O)c3n2)CC1.O=C(O)C(F)(F)F. The van der Waals surface area contributed by atoms with Crippen LogP contribution in [0.3, 0.4) is 0 Å². The van der Waals surface area contributed by atoms with E-state index in [0.29, 0.717) is 70.6 Å². The number of nitrogens with two attached hydrogens (primary N) is 1. The van der Waals surface area contributed by atoms with Gasteiger partial charge in [0.15, 0.2) is 11.3 Å². The van der Waals surface area contributed by atoms with Crippen molar-refractivity contribution in [2.45, 2.75) is 140 Å². The Bertz CT molecular complexity index is 2670. The lowest BCUT2D eigenvalue weighted by molar-refractivity contribution is -0.192. The normalized spacial score (nSPS) is 24.0. The van der Waals surface area contributed by atoms with Crippen LogP contribution in [0.15, 0.2) is 35.7 Å². The molecule has 0 bridgehead atoms. The molecule has 4 amide bonds. The Morgan fingerprint density at radius 3 is 1.43 bits per heavy atom. The van der Waals surface area contributed by atoms with Gasteiger partial charge in [-0.25, -0.2) is 14.8 Å². The largest absolute Gasteiger partial charge is 0.490 e. The zero-order valence-corrected chi connectivity index (χ0v) is 37.3. The van der Waals surface area contributed by atoms with Crippen molar-refractivity contribution in [1.29, 1.82) is 0 Å². The van der Waals surface area contributed by atoms with E-state index in [4.69, 9.17) is 25.6 Å². The number of nitrogens with zero attached hydrogens (tertiary/aromatic N) is 6. The van der Waals surface area contributed by atoms with Gasteiger partial charge in [0.25, 0.3) is 11.8 Å². The molecule has 4 aromatic rings. The molecule has 4 aliphatic carbocycles. The maximum atomic E-state index is 12.0. The molecule has 6 fully saturated rings. The summed E-state index contributed by atoms with van der Waals surface area (Å²) in [5.41, 5.74) is 9.61. The summed E-state index contributed by atoms with van der Waals surface area (Å²) in [6.45, 7) is 1.67. The van der Waals surface area contributed by atoms with Gasteiger partial charge in [-0.15, -0.1) is 0 Å². The number of aliphatic carboxylic acids is 1. The molecule has 0 spiro atoms. The number of aromatic nitrogens is 6. The van der Waals surface area contributed by atoms with Crippen molar-refractivity contribution in [2.24, 2.45) is 11.7 Å². The number of rotatable bonds is 12. The molecule has 362 valence electrons. The van der Waals surface area contributed by atoms with Crippen molar-refractivity contribution in [3.8, 4) is 0 Å².